The SMILES string of the molecule is Cc1nc(CCN2CCCC23CCC3)c(C(N)=O)cc1Nc1nn(C)c2nc(Nc3cnn(C)c3)ncc12. The molecule has 12 heteroatoms. The van der Waals surface area contributed by atoms with Gasteiger partial charge in [-0.05, 0) is 51.6 Å². The van der Waals surface area contributed by atoms with Crippen LogP contribution in [0.5, 0.6) is 0 Å². The quantitative estimate of drug-likeness (QED) is 0.322. The van der Waals surface area contributed by atoms with Gasteiger partial charge in [0.25, 0.3) is 5.91 Å². The Morgan fingerprint density at radius 2 is 1.95 bits per heavy atom. The zero-order valence-corrected chi connectivity index (χ0v) is 22.0. The van der Waals surface area contributed by atoms with Crippen LogP contribution in [0.4, 0.5) is 23.1 Å². The molecule has 4 aromatic heterocycles. The van der Waals surface area contributed by atoms with Gasteiger partial charge in [-0.1, -0.05) is 0 Å². The van der Waals surface area contributed by atoms with Crippen molar-refractivity contribution in [3.05, 3.63) is 41.6 Å². The smallest absolute Gasteiger partial charge is 0.250 e. The molecule has 38 heavy (non-hydrogen) atoms. The standard InChI is InChI=1S/C26H33N11O/c1-16-21(12-18(22(27)38)20(30-16)6-11-37-10-5-9-26(37)7-4-8-26)32-23-19-14-28-25(33-24(19)36(3)34-23)31-17-13-29-35(2)15-17/h12-15H,4-11H2,1-3H3,(H2,27,38)(H,32,34)(H,28,31,33). The lowest BCUT2D eigenvalue weighted by molar-refractivity contribution is 0.0569. The van der Waals surface area contributed by atoms with E-state index < -0.39 is 5.91 Å². The number of carbonyl (C=O) groups excluding carboxylic acids is 1. The fourth-order valence-corrected chi connectivity index (χ4v) is 5.85. The fourth-order valence-electron chi connectivity index (χ4n) is 5.85. The second-order valence-corrected chi connectivity index (χ2v) is 10.5. The first-order valence-corrected chi connectivity index (χ1v) is 13.1. The van der Waals surface area contributed by atoms with Gasteiger partial charge >= 0.3 is 0 Å². The largest absolute Gasteiger partial charge is 0.366 e. The number of aryl methyl sites for hydroxylation is 3. The molecule has 1 aliphatic heterocycles. The lowest BCUT2D eigenvalue weighted by Crippen LogP contribution is -2.50. The van der Waals surface area contributed by atoms with Gasteiger partial charge in [0.05, 0.1) is 39.9 Å². The lowest BCUT2D eigenvalue weighted by Gasteiger charge is -2.46. The van der Waals surface area contributed by atoms with Gasteiger partial charge < -0.3 is 16.4 Å². The zero-order valence-electron chi connectivity index (χ0n) is 22.0. The molecule has 1 amide bonds. The Morgan fingerprint density at radius 1 is 1.13 bits per heavy atom. The number of likely N-dealkylation sites (tertiary alicyclic amines) is 1. The van der Waals surface area contributed by atoms with Crippen LogP contribution in [0.25, 0.3) is 11.0 Å². The maximum absolute atomic E-state index is 12.4. The number of nitrogens with zero attached hydrogens (tertiary/aromatic N) is 8. The normalized spacial score (nSPS) is 16.7. The summed E-state index contributed by atoms with van der Waals surface area (Å²) in [6.07, 6.45) is 12.4. The molecule has 2 aliphatic rings. The first kappa shape index (κ1) is 24.3. The van der Waals surface area contributed by atoms with Crippen LogP contribution < -0.4 is 16.4 Å². The van der Waals surface area contributed by atoms with Crippen LogP contribution >= 0.6 is 0 Å². The number of nitrogens with one attached hydrogen (secondary N) is 2. The van der Waals surface area contributed by atoms with Crippen molar-refractivity contribution in [2.75, 3.05) is 23.7 Å². The van der Waals surface area contributed by atoms with Gasteiger partial charge in [0.15, 0.2) is 11.5 Å². The Labute approximate surface area is 220 Å². The van der Waals surface area contributed by atoms with Gasteiger partial charge in [0.2, 0.25) is 5.95 Å². The second-order valence-electron chi connectivity index (χ2n) is 10.5. The lowest BCUT2D eigenvalue weighted by atomic mass is 9.75. The van der Waals surface area contributed by atoms with Gasteiger partial charge in [-0.2, -0.15) is 15.2 Å². The molecule has 198 valence electrons. The summed E-state index contributed by atoms with van der Waals surface area (Å²) in [6.45, 7) is 3.95. The maximum Gasteiger partial charge on any atom is 0.250 e. The highest BCUT2D eigenvalue weighted by Crippen LogP contribution is 2.45. The monoisotopic (exact) mass is 515 g/mol. The van der Waals surface area contributed by atoms with Crippen LogP contribution in [0, 0.1) is 6.92 Å². The van der Waals surface area contributed by atoms with E-state index >= 15 is 0 Å². The molecule has 1 aliphatic carbocycles. The van der Waals surface area contributed by atoms with Crippen LogP contribution in [0.15, 0.2) is 24.7 Å². The van der Waals surface area contributed by atoms with E-state index in [0.29, 0.717) is 40.6 Å². The van der Waals surface area contributed by atoms with Crippen LogP contribution in [0.3, 0.4) is 0 Å². The van der Waals surface area contributed by atoms with Crippen molar-refractivity contribution >= 4 is 40.1 Å². The van der Waals surface area contributed by atoms with Crippen LogP contribution in [-0.4, -0.2) is 63.9 Å². The molecule has 2 fully saturated rings. The number of pyridine rings is 1. The van der Waals surface area contributed by atoms with Crippen LogP contribution in [0.1, 0.15) is 53.8 Å². The second kappa shape index (κ2) is 9.35. The Hall–Kier alpha value is -4.06. The minimum Gasteiger partial charge on any atom is -0.366 e. The third kappa shape index (κ3) is 4.34. The molecule has 0 aromatic carbocycles. The number of rotatable bonds is 8. The summed E-state index contributed by atoms with van der Waals surface area (Å²) < 4.78 is 3.39. The number of fused-ring (bicyclic) bond motifs is 1. The molecular weight excluding hydrogens is 482 g/mol. The van der Waals surface area contributed by atoms with Crippen molar-refractivity contribution in [2.24, 2.45) is 19.8 Å². The van der Waals surface area contributed by atoms with E-state index in [1.165, 1.54) is 32.1 Å². The average molecular weight is 516 g/mol. The molecule has 1 spiro atoms. The van der Waals surface area contributed by atoms with E-state index in [-0.39, 0.29) is 0 Å². The third-order valence-corrected chi connectivity index (χ3v) is 8.00. The highest BCUT2D eigenvalue weighted by molar-refractivity contribution is 5.96. The minimum atomic E-state index is -0.476. The molecule has 1 saturated carbocycles. The first-order chi connectivity index (χ1) is 18.3. The van der Waals surface area contributed by atoms with Gasteiger partial charge in [-0.25, -0.2) is 9.67 Å². The number of amides is 1. The first-order valence-electron chi connectivity index (χ1n) is 13.1. The zero-order chi connectivity index (χ0) is 26.4. The molecule has 1 saturated heterocycles. The molecule has 5 heterocycles. The van der Waals surface area contributed by atoms with Gasteiger partial charge in [-0.3, -0.25) is 19.4 Å². The Morgan fingerprint density at radius 3 is 2.66 bits per heavy atom. The van der Waals surface area contributed by atoms with E-state index in [1.807, 2.05) is 27.2 Å². The van der Waals surface area contributed by atoms with Gasteiger partial charge in [0, 0.05) is 45.0 Å². The number of anilines is 4. The van der Waals surface area contributed by atoms with E-state index in [2.05, 4.69) is 35.7 Å². The minimum absolute atomic E-state index is 0.388. The van der Waals surface area contributed by atoms with Gasteiger partial charge in [-0.15, -0.1) is 0 Å². The Bertz CT molecular complexity index is 1520. The molecule has 6 rings (SSSR count). The summed E-state index contributed by atoms with van der Waals surface area (Å²) in [7, 11) is 3.67. The van der Waals surface area contributed by atoms with E-state index in [0.717, 1.165) is 35.6 Å². The Balaban J connectivity index is 1.23. The highest BCUT2D eigenvalue weighted by Gasteiger charge is 2.45. The molecule has 0 bridgehead atoms. The fraction of sp³-hybridized carbons (Fsp3) is 0.462. The van der Waals surface area contributed by atoms with Gasteiger partial charge in [0.1, 0.15) is 0 Å². The van der Waals surface area contributed by atoms with E-state index in [9.17, 15) is 4.79 Å². The van der Waals surface area contributed by atoms with Crippen molar-refractivity contribution in [1.29, 1.82) is 0 Å². The molecular formula is C26H33N11O. The van der Waals surface area contributed by atoms with Crippen molar-refractivity contribution in [2.45, 2.75) is 51.0 Å². The van der Waals surface area contributed by atoms with Crippen molar-refractivity contribution in [1.82, 2.24) is 39.4 Å². The summed E-state index contributed by atoms with van der Waals surface area (Å²) in [5, 5.41) is 16.0. The van der Waals surface area contributed by atoms with Crippen LogP contribution in [0.2, 0.25) is 0 Å². The maximum atomic E-state index is 12.4. The summed E-state index contributed by atoms with van der Waals surface area (Å²) >= 11 is 0. The number of hydrogen-bond donors (Lipinski definition) is 3. The van der Waals surface area contributed by atoms with Crippen LogP contribution in [-0.2, 0) is 20.5 Å². The van der Waals surface area contributed by atoms with Crippen molar-refractivity contribution < 1.29 is 4.79 Å². The topological polar surface area (TPSA) is 145 Å². The number of hydrogen-bond acceptors (Lipinski definition) is 9. The van der Waals surface area contributed by atoms with Crippen molar-refractivity contribution in [3.63, 3.8) is 0 Å². The predicted molar refractivity (Wildman–Crippen MR) is 145 cm³/mol. The van der Waals surface area contributed by atoms with Crippen molar-refractivity contribution in [3.8, 4) is 0 Å². The Kier molecular flexibility index (Phi) is 5.98. The number of primary amides is 1. The summed E-state index contributed by atoms with van der Waals surface area (Å²) in [5.41, 5.74) is 10.3. The molecule has 4 aromatic rings. The molecule has 0 atom stereocenters. The number of aromatic nitrogens is 7. The number of nitrogens with two attached hydrogens (primary N) is 1. The van der Waals surface area contributed by atoms with E-state index in [4.69, 9.17) is 10.7 Å². The highest BCUT2D eigenvalue weighted by atomic mass is 16.1. The van der Waals surface area contributed by atoms with E-state index in [1.54, 1.807) is 27.8 Å². The molecule has 4 N–H and O–H groups in total. The summed E-state index contributed by atoms with van der Waals surface area (Å²) in [6, 6.07) is 1.79. The predicted octanol–water partition coefficient (Wildman–Crippen LogP) is 2.95. The summed E-state index contributed by atoms with van der Waals surface area (Å²) in [4.78, 5) is 28.9. The third-order valence-electron chi connectivity index (χ3n) is 8.00. The summed E-state index contributed by atoms with van der Waals surface area (Å²) in [5.74, 6) is 0.545. The average Bonchev–Trinajstić information content (AvgIpc) is 3.56. The molecule has 0 radical (unpaired) electrons. The number of carbonyl (C=O) groups is 1. The molecule has 12 nitrogen and oxygen atoms in total. The molecule has 0 unspecified atom stereocenters.